The molecule has 4 unspecified atom stereocenters. The zero-order valence-corrected chi connectivity index (χ0v) is 20.4. The summed E-state index contributed by atoms with van der Waals surface area (Å²) in [5, 5.41) is 25.7. The molecule has 200 valence electrons. The van der Waals surface area contributed by atoms with Crippen LogP contribution in [0.15, 0.2) is 4.99 Å². The van der Waals surface area contributed by atoms with Crippen LogP contribution in [0.2, 0.25) is 0 Å². The molecule has 0 radical (unpaired) electrons. The molecule has 0 rings (SSSR count). The third-order valence-electron chi connectivity index (χ3n) is 4.65. The molecule has 0 spiro atoms. The number of rotatable bonds is 18. The lowest BCUT2D eigenvalue weighted by Gasteiger charge is -2.25. The number of nitrogens with two attached hydrogens (primary N) is 4. The highest BCUT2D eigenvalue weighted by atomic mass is 32.2. The Bertz CT molecular complexity index is 763. The average molecular weight is 521 g/mol. The van der Waals surface area contributed by atoms with Gasteiger partial charge in [-0.05, 0) is 37.7 Å². The van der Waals surface area contributed by atoms with Crippen LogP contribution >= 0.6 is 11.8 Å². The number of aliphatic hydroxyl groups excluding tert-OH is 1. The van der Waals surface area contributed by atoms with Crippen molar-refractivity contribution in [3.8, 4) is 0 Å². The van der Waals surface area contributed by atoms with E-state index in [9.17, 15) is 29.1 Å². The zero-order chi connectivity index (χ0) is 27.0. The van der Waals surface area contributed by atoms with Gasteiger partial charge in [-0.3, -0.25) is 24.2 Å². The summed E-state index contributed by atoms with van der Waals surface area (Å²) in [6.07, 6.45) is 1.84. The van der Waals surface area contributed by atoms with E-state index in [0.717, 1.165) is 0 Å². The van der Waals surface area contributed by atoms with Crippen LogP contribution < -0.4 is 38.9 Å². The van der Waals surface area contributed by atoms with Gasteiger partial charge in [0.05, 0.1) is 6.61 Å². The van der Waals surface area contributed by atoms with Crippen molar-refractivity contribution in [2.24, 2.45) is 27.9 Å². The van der Waals surface area contributed by atoms with Crippen molar-refractivity contribution in [3.63, 3.8) is 0 Å². The van der Waals surface area contributed by atoms with Crippen molar-refractivity contribution in [3.05, 3.63) is 0 Å². The Hall–Kier alpha value is -3.11. The maximum Gasteiger partial charge on any atom is 0.326 e. The molecule has 0 aliphatic carbocycles. The number of amides is 4. The van der Waals surface area contributed by atoms with Crippen LogP contribution in [0.3, 0.4) is 0 Å². The van der Waals surface area contributed by atoms with Crippen LogP contribution in [-0.4, -0.2) is 95.1 Å². The van der Waals surface area contributed by atoms with Crippen molar-refractivity contribution in [1.82, 2.24) is 16.0 Å². The van der Waals surface area contributed by atoms with Gasteiger partial charge in [0.15, 0.2) is 5.96 Å². The molecule has 0 aromatic rings. The molecule has 0 aromatic heterocycles. The lowest BCUT2D eigenvalue weighted by atomic mass is 10.1. The minimum atomic E-state index is -1.39. The van der Waals surface area contributed by atoms with Gasteiger partial charge >= 0.3 is 5.97 Å². The summed E-state index contributed by atoms with van der Waals surface area (Å²) in [6.45, 7) is -0.473. The minimum absolute atomic E-state index is 0.0831. The number of aliphatic carboxylic acids is 1. The van der Waals surface area contributed by atoms with E-state index in [-0.39, 0.29) is 38.2 Å². The van der Waals surface area contributed by atoms with Crippen LogP contribution in [0.25, 0.3) is 0 Å². The summed E-state index contributed by atoms with van der Waals surface area (Å²) in [5.74, 6) is -4.06. The minimum Gasteiger partial charge on any atom is -0.480 e. The summed E-state index contributed by atoms with van der Waals surface area (Å²) in [6, 6.07) is -4.92. The Labute approximate surface area is 207 Å². The maximum atomic E-state index is 13.0. The SMILES string of the molecule is CSCCC(NC(=O)C(CCCN=C(N)N)NC(=O)C(N)CO)C(=O)NC(CCC(N)=O)C(=O)O. The fourth-order valence-electron chi connectivity index (χ4n) is 2.73. The largest absolute Gasteiger partial charge is 0.480 e. The Morgan fingerprint density at radius 3 is 1.91 bits per heavy atom. The summed E-state index contributed by atoms with van der Waals surface area (Å²) >= 11 is 1.40. The smallest absolute Gasteiger partial charge is 0.326 e. The lowest BCUT2D eigenvalue weighted by molar-refractivity contribution is -0.142. The first-order valence-electron chi connectivity index (χ1n) is 10.8. The summed E-state index contributed by atoms with van der Waals surface area (Å²) in [5.41, 5.74) is 21.1. The first-order chi connectivity index (χ1) is 16.4. The van der Waals surface area contributed by atoms with Crippen LogP contribution in [-0.2, 0) is 24.0 Å². The predicted molar refractivity (Wildman–Crippen MR) is 130 cm³/mol. The average Bonchev–Trinajstić information content (AvgIpc) is 2.79. The Kier molecular flexibility index (Phi) is 15.8. The van der Waals surface area contributed by atoms with Gasteiger partial charge in [0.25, 0.3) is 0 Å². The van der Waals surface area contributed by atoms with Crippen LogP contribution in [0.4, 0.5) is 0 Å². The second kappa shape index (κ2) is 17.3. The van der Waals surface area contributed by atoms with Crippen LogP contribution in [0, 0.1) is 0 Å². The number of hydrogen-bond donors (Lipinski definition) is 9. The molecule has 13 N–H and O–H groups in total. The molecule has 4 amide bonds. The standard InChI is InChI=1S/C19H36N8O7S/c1-35-8-6-12(17(32)27-13(18(33)34)4-5-14(21)29)26-16(31)11(3-2-7-24-19(22)23)25-15(30)10(20)9-28/h10-13,28H,2-9,20H2,1H3,(H2,21,29)(H,25,30)(H,26,31)(H,27,32)(H,33,34)(H4,22,23,24). The van der Waals surface area contributed by atoms with Crippen molar-refractivity contribution >= 4 is 47.3 Å². The molecule has 16 heteroatoms. The Balaban J connectivity index is 5.50. The monoisotopic (exact) mass is 520 g/mol. The Morgan fingerprint density at radius 1 is 0.886 bits per heavy atom. The number of primary amides is 1. The maximum absolute atomic E-state index is 13.0. The first-order valence-corrected chi connectivity index (χ1v) is 12.1. The molecule has 0 saturated carbocycles. The summed E-state index contributed by atoms with van der Waals surface area (Å²) in [7, 11) is 0. The van der Waals surface area contributed by atoms with E-state index in [1.54, 1.807) is 6.26 Å². The number of aliphatic hydroxyl groups is 1. The van der Waals surface area contributed by atoms with Gasteiger partial charge in [0, 0.05) is 13.0 Å². The van der Waals surface area contributed by atoms with Crippen molar-refractivity contribution < 1.29 is 34.2 Å². The number of nitrogens with zero attached hydrogens (tertiary/aromatic N) is 1. The van der Waals surface area contributed by atoms with Gasteiger partial charge in [0.1, 0.15) is 24.2 Å². The highest BCUT2D eigenvalue weighted by molar-refractivity contribution is 7.98. The number of carbonyl (C=O) groups is 5. The van der Waals surface area contributed by atoms with Gasteiger partial charge in [-0.2, -0.15) is 11.8 Å². The van der Waals surface area contributed by atoms with E-state index in [2.05, 4.69) is 20.9 Å². The summed E-state index contributed by atoms with van der Waals surface area (Å²) in [4.78, 5) is 64.1. The number of carbonyl (C=O) groups excluding carboxylic acids is 4. The molecule has 0 aromatic carbocycles. The van der Waals surface area contributed by atoms with E-state index >= 15 is 0 Å². The molecule has 0 aliphatic heterocycles. The number of nitrogens with one attached hydrogen (secondary N) is 3. The number of guanidine groups is 1. The van der Waals surface area contributed by atoms with Crippen LogP contribution in [0.5, 0.6) is 0 Å². The van der Waals surface area contributed by atoms with Gasteiger partial charge in [0.2, 0.25) is 23.6 Å². The fraction of sp³-hybridized carbons (Fsp3) is 0.684. The van der Waals surface area contributed by atoms with E-state index in [1.807, 2.05) is 0 Å². The normalized spacial score (nSPS) is 14.0. The van der Waals surface area contributed by atoms with E-state index in [4.69, 9.17) is 28.0 Å². The van der Waals surface area contributed by atoms with Gasteiger partial charge in [-0.1, -0.05) is 0 Å². The van der Waals surface area contributed by atoms with Gasteiger partial charge < -0.3 is 49.1 Å². The number of carboxylic acid groups (broad SMARTS) is 1. The van der Waals surface area contributed by atoms with Gasteiger partial charge in [-0.25, -0.2) is 4.79 Å². The molecule has 0 fully saturated rings. The van der Waals surface area contributed by atoms with Crippen molar-refractivity contribution in [1.29, 1.82) is 0 Å². The zero-order valence-electron chi connectivity index (χ0n) is 19.6. The first kappa shape index (κ1) is 31.9. The highest BCUT2D eigenvalue weighted by Crippen LogP contribution is 2.06. The topological polar surface area (TPSA) is 278 Å². The molecule has 0 bridgehead atoms. The third-order valence-corrected chi connectivity index (χ3v) is 5.29. The van der Waals surface area contributed by atoms with E-state index < -0.39 is 60.4 Å². The number of aliphatic imine (C=N–C) groups is 1. The highest BCUT2D eigenvalue weighted by Gasteiger charge is 2.30. The molecule has 0 saturated heterocycles. The molecule has 4 atom stereocenters. The number of carboxylic acids is 1. The van der Waals surface area contributed by atoms with Crippen molar-refractivity contribution in [2.45, 2.75) is 56.3 Å². The van der Waals surface area contributed by atoms with Gasteiger partial charge in [-0.15, -0.1) is 0 Å². The second-order valence-corrected chi connectivity index (χ2v) is 8.53. The quantitative estimate of drug-likeness (QED) is 0.0475. The molecular formula is C19H36N8O7S. The molecule has 15 nitrogen and oxygen atoms in total. The van der Waals surface area contributed by atoms with E-state index in [1.165, 1.54) is 11.8 Å². The molecular weight excluding hydrogens is 484 g/mol. The van der Waals surface area contributed by atoms with Crippen LogP contribution in [0.1, 0.15) is 32.1 Å². The summed E-state index contributed by atoms with van der Waals surface area (Å²) < 4.78 is 0. The number of thioether (sulfide) groups is 1. The molecule has 35 heavy (non-hydrogen) atoms. The lowest BCUT2D eigenvalue weighted by Crippen LogP contribution is -2.57. The predicted octanol–water partition coefficient (Wildman–Crippen LogP) is -4.08. The van der Waals surface area contributed by atoms with Crippen molar-refractivity contribution in [2.75, 3.05) is 25.2 Å². The van der Waals surface area contributed by atoms with E-state index in [0.29, 0.717) is 12.2 Å². The Morgan fingerprint density at radius 2 is 1.43 bits per heavy atom. The molecule has 0 heterocycles. The number of hydrogen-bond acceptors (Lipinski definition) is 9. The fourth-order valence-corrected chi connectivity index (χ4v) is 3.20. The second-order valence-electron chi connectivity index (χ2n) is 7.55. The third kappa shape index (κ3) is 14.0. The molecule has 0 aliphatic rings.